The highest BCUT2D eigenvalue weighted by Crippen LogP contribution is 2.23. The highest BCUT2D eigenvalue weighted by atomic mass is 35.5. The van der Waals surface area contributed by atoms with Gasteiger partial charge in [0.15, 0.2) is 18.2 Å². The number of ether oxygens (including phenoxy) is 1. The fraction of sp³-hybridized carbons (Fsp3) is 0.136. The van der Waals surface area contributed by atoms with Gasteiger partial charge in [0.2, 0.25) is 0 Å². The van der Waals surface area contributed by atoms with E-state index in [2.05, 4.69) is 15.5 Å². The number of hydrogen-bond donors (Lipinski definition) is 1. The van der Waals surface area contributed by atoms with Crippen LogP contribution in [0.15, 0.2) is 66.9 Å². The Kier molecular flexibility index (Phi) is 6.25. The van der Waals surface area contributed by atoms with Gasteiger partial charge < -0.3 is 10.1 Å². The summed E-state index contributed by atoms with van der Waals surface area (Å²) >= 11 is 12.3. The lowest BCUT2D eigenvalue weighted by atomic mass is 10.2. The Morgan fingerprint density at radius 3 is 2.55 bits per heavy atom. The van der Waals surface area contributed by atoms with Crippen molar-refractivity contribution in [3.63, 3.8) is 0 Å². The lowest BCUT2D eigenvalue weighted by Gasteiger charge is -2.07. The first-order valence-electron chi connectivity index (χ1n) is 9.49. The summed E-state index contributed by atoms with van der Waals surface area (Å²) in [6.45, 7) is 2.55. The number of nitrogens with zero attached hydrogens (tertiary/aromatic N) is 4. The van der Waals surface area contributed by atoms with Gasteiger partial charge in [0.1, 0.15) is 5.75 Å². The molecule has 1 N–H and O–H groups in total. The monoisotopic (exact) mass is 455 g/mol. The van der Waals surface area contributed by atoms with Crippen LogP contribution in [0.3, 0.4) is 0 Å². The standard InChI is InChI=1S/C22H19Cl2N5O2/c1-15-12-21(27-29(15)13-16-6-2-3-7-17(16)23)25-22(30)19-10-11-28(26-19)14-31-20-9-5-4-8-18(20)24/h2-12H,13-14H2,1H3,(H,25,27,30). The Bertz CT molecular complexity index is 1220. The van der Waals surface area contributed by atoms with E-state index >= 15 is 0 Å². The first kappa shape index (κ1) is 21.0. The molecule has 9 heteroatoms. The van der Waals surface area contributed by atoms with E-state index in [0.717, 1.165) is 11.3 Å². The van der Waals surface area contributed by atoms with Crippen molar-refractivity contribution in [3.8, 4) is 5.75 Å². The molecule has 0 atom stereocenters. The molecule has 0 spiro atoms. The van der Waals surface area contributed by atoms with Gasteiger partial charge in [0.05, 0.1) is 11.6 Å². The SMILES string of the molecule is Cc1cc(NC(=O)c2ccn(COc3ccccc3Cl)n2)nn1Cc1ccccc1Cl. The van der Waals surface area contributed by atoms with E-state index in [4.69, 9.17) is 27.9 Å². The molecule has 0 radical (unpaired) electrons. The Morgan fingerprint density at radius 1 is 1.03 bits per heavy atom. The molecule has 158 valence electrons. The molecule has 1 amide bonds. The van der Waals surface area contributed by atoms with Gasteiger partial charge in [-0.25, -0.2) is 4.68 Å². The van der Waals surface area contributed by atoms with E-state index in [1.807, 2.05) is 43.3 Å². The summed E-state index contributed by atoms with van der Waals surface area (Å²) in [5.41, 5.74) is 2.10. The summed E-state index contributed by atoms with van der Waals surface area (Å²) < 4.78 is 8.93. The fourth-order valence-corrected chi connectivity index (χ4v) is 3.34. The first-order chi connectivity index (χ1) is 15.0. The molecule has 4 rings (SSSR count). The van der Waals surface area contributed by atoms with Crippen molar-refractivity contribution in [2.24, 2.45) is 0 Å². The normalized spacial score (nSPS) is 10.8. The van der Waals surface area contributed by atoms with Gasteiger partial charge in [-0.15, -0.1) is 0 Å². The molecule has 31 heavy (non-hydrogen) atoms. The van der Waals surface area contributed by atoms with Crippen LogP contribution >= 0.6 is 23.2 Å². The van der Waals surface area contributed by atoms with Gasteiger partial charge >= 0.3 is 0 Å². The van der Waals surface area contributed by atoms with E-state index < -0.39 is 0 Å². The maximum atomic E-state index is 12.6. The van der Waals surface area contributed by atoms with Gasteiger partial charge in [-0.1, -0.05) is 53.5 Å². The number of carbonyl (C=O) groups is 1. The number of para-hydroxylation sites is 1. The molecule has 0 saturated heterocycles. The average molecular weight is 456 g/mol. The highest BCUT2D eigenvalue weighted by molar-refractivity contribution is 6.32. The number of nitrogens with one attached hydrogen (secondary N) is 1. The third-order valence-electron chi connectivity index (χ3n) is 4.56. The van der Waals surface area contributed by atoms with Crippen LogP contribution in [0.2, 0.25) is 10.0 Å². The Labute approximate surface area is 189 Å². The van der Waals surface area contributed by atoms with Crippen LogP contribution in [0, 0.1) is 6.92 Å². The number of aryl methyl sites for hydroxylation is 1. The zero-order chi connectivity index (χ0) is 21.8. The van der Waals surface area contributed by atoms with E-state index in [1.165, 1.54) is 4.68 Å². The molecule has 0 fully saturated rings. The summed E-state index contributed by atoms with van der Waals surface area (Å²) in [4.78, 5) is 12.6. The molecule has 0 aliphatic rings. The van der Waals surface area contributed by atoms with E-state index in [-0.39, 0.29) is 18.3 Å². The van der Waals surface area contributed by atoms with Gasteiger partial charge in [-0.2, -0.15) is 10.2 Å². The van der Waals surface area contributed by atoms with Gasteiger partial charge in [0, 0.05) is 23.0 Å². The minimum Gasteiger partial charge on any atom is -0.470 e. The second-order valence-corrected chi connectivity index (χ2v) is 7.63. The second kappa shape index (κ2) is 9.24. The van der Waals surface area contributed by atoms with Crippen LogP contribution < -0.4 is 10.1 Å². The van der Waals surface area contributed by atoms with E-state index in [9.17, 15) is 4.79 Å². The zero-order valence-electron chi connectivity index (χ0n) is 16.6. The quantitative estimate of drug-likeness (QED) is 0.423. The molecule has 2 heterocycles. The Hall–Kier alpha value is -3.29. The predicted octanol–water partition coefficient (Wildman–Crippen LogP) is 5.03. The third-order valence-corrected chi connectivity index (χ3v) is 5.24. The Balaban J connectivity index is 1.39. The Morgan fingerprint density at radius 2 is 1.77 bits per heavy atom. The second-order valence-electron chi connectivity index (χ2n) is 6.82. The summed E-state index contributed by atoms with van der Waals surface area (Å²) in [7, 11) is 0. The van der Waals surface area contributed by atoms with Gasteiger partial charge in [-0.3, -0.25) is 9.48 Å². The van der Waals surface area contributed by atoms with Gasteiger partial charge in [0.25, 0.3) is 5.91 Å². The number of hydrogen-bond acceptors (Lipinski definition) is 4. The topological polar surface area (TPSA) is 74.0 Å². The minimum absolute atomic E-state index is 0.128. The number of rotatable bonds is 7. The van der Waals surface area contributed by atoms with Crippen LogP contribution in [-0.2, 0) is 13.3 Å². The van der Waals surface area contributed by atoms with Gasteiger partial charge in [-0.05, 0) is 36.8 Å². The van der Waals surface area contributed by atoms with Crippen LogP contribution in [0.5, 0.6) is 5.75 Å². The average Bonchev–Trinajstić information content (AvgIpc) is 3.36. The van der Waals surface area contributed by atoms with Crippen molar-refractivity contribution in [1.82, 2.24) is 19.6 Å². The van der Waals surface area contributed by atoms with Crippen LogP contribution in [-0.4, -0.2) is 25.5 Å². The molecule has 0 saturated carbocycles. The molecule has 2 aromatic heterocycles. The van der Waals surface area contributed by atoms with Crippen molar-refractivity contribution >= 4 is 34.9 Å². The minimum atomic E-state index is -0.362. The van der Waals surface area contributed by atoms with Crippen molar-refractivity contribution in [2.75, 3.05) is 5.32 Å². The molecular weight excluding hydrogens is 437 g/mol. The number of amides is 1. The summed E-state index contributed by atoms with van der Waals surface area (Å²) in [6, 6.07) is 18.2. The molecule has 0 bridgehead atoms. The number of carbonyl (C=O) groups excluding carboxylic acids is 1. The highest BCUT2D eigenvalue weighted by Gasteiger charge is 2.14. The lowest BCUT2D eigenvalue weighted by molar-refractivity contribution is 0.101. The summed E-state index contributed by atoms with van der Waals surface area (Å²) in [6.07, 6.45) is 1.66. The van der Waals surface area contributed by atoms with Crippen molar-refractivity contribution in [1.29, 1.82) is 0 Å². The molecular formula is C22H19Cl2N5O2. The van der Waals surface area contributed by atoms with Crippen LogP contribution in [0.25, 0.3) is 0 Å². The summed E-state index contributed by atoms with van der Waals surface area (Å²) in [5.74, 6) is 0.625. The number of benzene rings is 2. The molecule has 0 unspecified atom stereocenters. The first-order valence-corrected chi connectivity index (χ1v) is 10.2. The van der Waals surface area contributed by atoms with Crippen LogP contribution in [0.1, 0.15) is 21.7 Å². The lowest BCUT2D eigenvalue weighted by Crippen LogP contribution is -2.15. The maximum Gasteiger partial charge on any atom is 0.277 e. The number of halogens is 2. The predicted molar refractivity (Wildman–Crippen MR) is 120 cm³/mol. The van der Waals surface area contributed by atoms with E-state index in [1.54, 1.807) is 35.1 Å². The zero-order valence-corrected chi connectivity index (χ0v) is 18.1. The van der Waals surface area contributed by atoms with Crippen molar-refractivity contribution in [2.45, 2.75) is 20.2 Å². The fourth-order valence-electron chi connectivity index (χ4n) is 2.95. The number of aromatic nitrogens is 4. The molecule has 0 aliphatic heterocycles. The summed E-state index contributed by atoms with van der Waals surface area (Å²) in [5, 5.41) is 12.7. The van der Waals surface area contributed by atoms with Crippen molar-refractivity contribution < 1.29 is 9.53 Å². The molecule has 7 nitrogen and oxygen atoms in total. The molecule has 0 aliphatic carbocycles. The van der Waals surface area contributed by atoms with Crippen LogP contribution in [0.4, 0.5) is 5.82 Å². The third kappa shape index (κ3) is 5.07. The smallest absolute Gasteiger partial charge is 0.277 e. The largest absolute Gasteiger partial charge is 0.470 e. The van der Waals surface area contributed by atoms with E-state index in [0.29, 0.717) is 28.2 Å². The molecule has 2 aromatic carbocycles. The maximum absolute atomic E-state index is 12.6. The number of anilines is 1. The molecule has 4 aromatic rings. The van der Waals surface area contributed by atoms with Crippen molar-refractivity contribution in [3.05, 3.63) is 93.9 Å².